The Hall–Kier alpha value is -0.340. The van der Waals surface area contributed by atoms with Crippen molar-refractivity contribution in [3.05, 3.63) is 12.7 Å². The van der Waals surface area contributed by atoms with E-state index < -0.39 is 0 Å². The monoisotopic (exact) mass is 390 g/mol. The average molecular weight is 391 g/mol. The molecular formula is C26H46O2. The highest BCUT2D eigenvalue weighted by molar-refractivity contribution is 5.05. The summed E-state index contributed by atoms with van der Waals surface area (Å²) in [5.41, 5.74) is 0.800. The van der Waals surface area contributed by atoms with Crippen LogP contribution in [0, 0.1) is 46.3 Å². The zero-order chi connectivity index (χ0) is 20.5. The number of aliphatic hydroxyl groups excluding tert-OH is 2. The Bertz CT molecular complexity index is 527. The van der Waals surface area contributed by atoms with E-state index in [0.717, 1.165) is 55.8 Å². The molecule has 2 heteroatoms. The molecule has 3 aliphatic carbocycles. The number of allylic oxidation sites excluding steroid dienone is 1. The molecule has 3 rings (SSSR count). The van der Waals surface area contributed by atoms with Gasteiger partial charge in [0.15, 0.2) is 0 Å². The maximum atomic E-state index is 10.4. The van der Waals surface area contributed by atoms with Gasteiger partial charge in [-0.3, -0.25) is 0 Å². The van der Waals surface area contributed by atoms with Crippen molar-refractivity contribution in [1.82, 2.24) is 0 Å². The number of rotatable bonds is 7. The summed E-state index contributed by atoms with van der Waals surface area (Å²) in [6.45, 7) is 14.0. The fourth-order valence-corrected chi connectivity index (χ4v) is 8.15. The van der Waals surface area contributed by atoms with Crippen LogP contribution in [0.5, 0.6) is 0 Å². The zero-order valence-electron chi connectivity index (χ0n) is 19.0. The van der Waals surface area contributed by atoms with Crippen molar-refractivity contribution in [3.63, 3.8) is 0 Å². The molecule has 2 N–H and O–H groups in total. The molecule has 0 aliphatic heterocycles. The number of hydrogen-bond acceptors (Lipinski definition) is 2. The third-order valence-corrected chi connectivity index (χ3v) is 10.1. The van der Waals surface area contributed by atoms with E-state index >= 15 is 0 Å². The molecule has 162 valence electrons. The van der Waals surface area contributed by atoms with Gasteiger partial charge < -0.3 is 10.2 Å². The van der Waals surface area contributed by atoms with Crippen LogP contribution in [-0.2, 0) is 0 Å². The maximum Gasteiger partial charge on any atom is 0.0543 e. The predicted octanol–water partition coefficient (Wildman–Crippen LogP) is 6.22. The summed E-state index contributed by atoms with van der Waals surface area (Å²) >= 11 is 0. The van der Waals surface area contributed by atoms with Gasteiger partial charge in [0.05, 0.1) is 6.10 Å². The highest BCUT2D eigenvalue weighted by atomic mass is 16.3. The third kappa shape index (κ3) is 3.85. The van der Waals surface area contributed by atoms with Crippen LogP contribution in [0.3, 0.4) is 0 Å². The van der Waals surface area contributed by atoms with Crippen LogP contribution in [-0.4, -0.2) is 22.9 Å². The van der Waals surface area contributed by atoms with Gasteiger partial charge in [-0.2, -0.15) is 0 Å². The van der Waals surface area contributed by atoms with E-state index in [4.69, 9.17) is 0 Å². The molecule has 0 heterocycles. The van der Waals surface area contributed by atoms with E-state index in [2.05, 4.69) is 40.3 Å². The van der Waals surface area contributed by atoms with Crippen molar-refractivity contribution in [2.24, 2.45) is 46.3 Å². The van der Waals surface area contributed by atoms with Crippen LogP contribution in [0.15, 0.2) is 12.7 Å². The molecular weight excluding hydrogens is 344 g/mol. The SMILES string of the molecule is C=CC[C@@H](C)[C@H]1CCC2CC([C@@]3(C)CC[C@@H](O)C[C@H]3[C@@H](CC)CO)CC[C@@]21C. The minimum Gasteiger partial charge on any atom is -0.396 e. The molecule has 28 heavy (non-hydrogen) atoms. The minimum atomic E-state index is -0.164. The summed E-state index contributed by atoms with van der Waals surface area (Å²) in [6, 6.07) is 0. The van der Waals surface area contributed by atoms with Crippen molar-refractivity contribution in [3.8, 4) is 0 Å². The van der Waals surface area contributed by atoms with Crippen LogP contribution in [0.4, 0.5) is 0 Å². The first-order valence-corrected chi connectivity index (χ1v) is 12.2. The largest absolute Gasteiger partial charge is 0.396 e. The summed E-state index contributed by atoms with van der Waals surface area (Å²) in [4.78, 5) is 0. The lowest BCUT2D eigenvalue weighted by atomic mass is 9.50. The van der Waals surface area contributed by atoms with Gasteiger partial charge in [0.1, 0.15) is 0 Å². The second-order valence-corrected chi connectivity index (χ2v) is 11.3. The molecule has 0 amide bonds. The molecule has 0 saturated heterocycles. The van der Waals surface area contributed by atoms with E-state index in [-0.39, 0.29) is 18.1 Å². The fourth-order valence-electron chi connectivity index (χ4n) is 8.15. The third-order valence-electron chi connectivity index (χ3n) is 10.1. The van der Waals surface area contributed by atoms with Crippen LogP contribution < -0.4 is 0 Å². The van der Waals surface area contributed by atoms with Crippen molar-refractivity contribution < 1.29 is 10.2 Å². The lowest BCUT2D eigenvalue weighted by Gasteiger charge is -2.55. The van der Waals surface area contributed by atoms with Gasteiger partial charge in [-0.1, -0.05) is 40.2 Å². The van der Waals surface area contributed by atoms with Gasteiger partial charge in [0.25, 0.3) is 0 Å². The second kappa shape index (κ2) is 8.80. The Balaban J connectivity index is 1.77. The summed E-state index contributed by atoms with van der Waals surface area (Å²) in [5, 5.41) is 20.4. The lowest BCUT2D eigenvalue weighted by Crippen LogP contribution is -2.49. The Morgan fingerprint density at radius 1 is 1.00 bits per heavy atom. The van der Waals surface area contributed by atoms with Crippen molar-refractivity contribution >= 4 is 0 Å². The van der Waals surface area contributed by atoms with E-state index in [9.17, 15) is 10.2 Å². The molecule has 9 atom stereocenters. The average Bonchev–Trinajstić information content (AvgIpc) is 3.02. The summed E-state index contributed by atoms with van der Waals surface area (Å²) in [5.74, 6) is 4.05. The van der Waals surface area contributed by atoms with Gasteiger partial charge in [0, 0.05) is 6.61 Å². The highest BCUT2D eigenvalue weighted by Gasteiger charge is 2.55. The molecule has 0 radical (unpaired) electrons. The van der Waals surface area contributed by atoms with Crippen LogP contribution in [0.25, 0.3) is 0 Å². The first-order valence-electron chi connectivity index (χ1n) is 12.2. The number of aliphatic hydroxyl groups is 2. The zero-order valence-corrected chi connectivity index (χ0v) is 19.0. The smallest absolute Gasteiger partial charge is 0.0543 e. The van der Waals surface area contributed by atoms with E-state index in [1.54, 1.807) is 0 Å². The van der Waals surface area contributed by atoms with Crippen molar-refractivity contribution in [1.29, 1.82) is 0 Å². The Morgan fingerprint density at radius 3 is 2.29 bits per heavy atom. The molecule has 0 aromatic carbocycles. The number of fused-ring (bicyclic) bond motifs is 1. The Labute approximate surface area is 174 Å². The topological polar surface area (TPSA) is 40.5 Å². The maximum absolute atomic E-state index is 10.4. The Morgan fingerprint density at radius 2 is 1.64 bits per heavy atom. The standard InChI is InChI=1S/C26H46O2/c1-6-8-18(3)23-10-9-20-15-21(11-13-25(20,23)4)26(5)14-12-22(28)16-24(26)19(7-2)17-27/h6,18-24,27-28H,1,7-17H2,2-5H3/t18-,19+,20?,21?,22-,23-,24+,25+,26-/m1/s1. The van der Waals surface area contributed by atoms with Crippen molar-refractivity contribution in [2.45, 2.75) is 98.0 Å². The molecule has 3 aliphatic rings. The lowest BCUT2D eigenvalue weighted by molar-refractivity contribution is -0.0870. The van der Waals surface area contributed by atoms with Gasteiger partial charge in [0.2, 0.25) is 0 Å². The van der Waals surface area contributed by atoms with E-state index in [1.807, 2.05) is 0 Å². The molecule has 0 aromatic heterocycles. The Kier molecular flexibility index (Phi) is 7.02. The molecule has 2 nitrogen and oxygen atoms in total. The van der Waals surface area contributed by atoms with E-state index in [0.29, 0.717) is 17.3 Å². The fraction of sp³-hybridized carbons (Fsp3) is 0.923. The first-order chi connectivity index (χ1) is 13.3. The normalized spacial score (nSPS) is 46.0. The second-order valence-electron chi connectivity index (χ2n) is 11.3. The summed E-state index contributed by atoms with van der Waals surface area (Å²) in [7, 11) is 0. The quantitative estimate of drug-likeness (QED) is 0.507. The highest BCUT2D eigenvalue weighted by Crippen LogP contribution is 2.63. The van der Waals surface area contributed by atoms with Gasteiger partial charge in [-0.15, -0.1) is 6.58 Å². The molecule has 2 unspecified atom stereocenters. The van der Waals surface area contributed by atoms with Gasteiger partial charge >= 0.3 is 0 Å². The molecule has 0 aromatic rings. The molecule has 3 fully saturated rings. The molecule has 0 bridgehead atoms. The van der Waals surface area contributed by atoms with Crippen LogP contribution >= 0.6 is 0 Å². The van der Waals surface area contributed by atoms with Gasteiger partial charge in [-0.05, 0) is 104 Å². The molecule has 0 spiro atoms. The van der Waals surface area contributed by atoms with E-state index in [1.165, 1.54) is 32.1 Å². The van der Waals surface area contributed by atoms with Crippen LogP contribution in [0.1, 0.15) is 91.9 Å². The minimum absolute atomic E-state index is 0.164. The first kappa shape index (κ1) is 22.3. The molecule has 3 saturated carbocycles. The predicted molar refractivity (Wildman–Crippen MR) is 118 cm³/mol. The summed E-state index contributed by atoms with van der Waals surface area (Å²) in [6.07, 6.45) is 14.0. The summed E-state index contributed by atoms with van der Waals surface area (Å²) < 4.78 is 0. The van der Waals surface area contributed by atoms with Crippen molar-refractivity contribution in [2.75, 3.05) is 6.61 Å². The van der Waals surface area contributed by atoms with Crippen LogP contribution in [0.2, 0.25) is 0 Å². The number of hydrogen-bond donors (Lipinski definition) is 2. The van der Waals surface area contributed by atoms with Gasteiger partial charge in [-0.25, -0.2) is 0 Å².